The van der Waals surface area contributed by atoms with E-state index in [2.05, 4.69) is 62.5 Å². The van der Waals surface area contributed by atoms with Crippen molar-refractivity contribution in [3.05, 3.63) is 48.6 Å². The molecule has 57 heavy (non-hydrogen) atoms. The summed E-state index contributed by atoms with van der Waals surface area (Å²) in [6.45, 7) is 3.59. The molecule has 0 aromatic rings. The van der Waals surface area contributed by atoms with Crippen LogP contribution in [0.2, 0.25) is 0 Å². The van der Waals surface area contributed by atoms with Crippen LogP contribution in [0.3, 0.4) is 0 Å². The Labute approximate surface area is 349 Å². The Balaban J connectivity index is 4.12. The molecule has 0 bridgehead atoms. The van der Waals surface area contributed by atoms with E-state index in [1.165, 1.54) is 109 Å². The molecule has 332 valence electrons. The van der Waals surface area contributed by atoms with Gasteiger partial charge in [-0.15, -0.1) is 0 Å². The molecule has 2 unspecified atom stereocenters. The molecular weight excluding hydrogens is 737 g/mol. The molecule has 2 atom stereocenters. The van der Waals surface area contributed by atoms with Gasteiger partial charge in [0.2, 0.25) is 0 Å². The van der Waals surface area contributed by atoms with Gasteiger partial charge in [-0.25, -0.2) is 4.57 Å². The molecule has 0 radical (unpaired) electrons. The van der Waals surface area contributed by atoms with E-state index in [4.69, 9.17) is 24.3 Å². The molecule has 0 amide bonds. The number of hydrogen-bond donors (Lipinski definition) is 2. The second-order valence-corrected chi connectivity index (χ2v) is 16.7. The summed E-state index contributed by atoms with van der Waals surface area (Å²) in [6.07, 6.45) is 50.1. The zero-order valence-corrected chi connectivity index (χ0v) is 37.5. The van der Waals surface area contributed by atoms with Crippen LogP contribution in [0, 0.1) is 0 Å². The topological polar surface area (TPSA) is 134 Å². The van der Waals surface area contributed by atoms with Crippen molar-refractivity contribution in [2.75, 3.05) is 26.4 Å². The lowest BCUT2D eigenvalue weighted by Gasteiger charge is -2.19. The summed E-state index contributed by atoms with van der Waals surface area (Å²) in [7, 11) is -4.39. The van der Waals surface area contributed by atoms with Crippen LogP contribution in [0.25, 0.3) is 0 Å². The zero-order chi connectivity index (χ0) is 41.8. The standard InChI is InChI=1S/C47H86NO8P/c1-3-5-7-9-11-13-15-17-19-20-21-22-23-24-26-28-30-32-34-36-38-40-47(50)56-45(44-55-57(51,52)54-42-41-48)43-53-46(49)39-37-35-33-31-29-27-25-18-16-14-12-10-8-6-4-2/h6,8,12,14,18,25,29,31,45H,3-5,7,9-11,13,15-17,19-24,26-28,30,32-44,48H2,1-2H3,(H,51,52). The van der Waals surface area contributed by atoms with Gasteiger partial charge in [0.15, 0.2) is 6.10 Å². The van der Waals surface area contributed by atoms with Crippen molar-refractivity contribution in [2.24, 2.45) is 5.73 Å². The minimum absolute atomic E-state index is 0.0473. The number of rotatable bonds is 43. The summed E-state index contributed by atoms with van der Waals surface area (Å²) in [6, 6.07) is 0. The number of esters is 2. The van der Waals surface area contributed by atoms with Gasteiger partial charge in [0.1, 0.15) is 6.61 Å². The van der Waals surface area contributed by atoms with Crippen molar-refractivity contribution in [3.63, 3.8) is 0 Å². The fourth-order valence-electron chi connectivity index (χ4n) is 6.33. The highest BCUT2D eigenvalue weighted by molar-refractivity contribution is 7.47. The summed E-state index contributed by atoms with van der Waals surface area (Å²) < 4.78 is 32.8. The lowest BCUT2D eigenvalue weighted by Crippen LogP contribution is -2.29. The fraction of sp³-hybridized carbons (Fsp3) is 0.787. The third-order valence-corrected chi connectivity index (χ3v) is 10.7. The molecule has 0 aliphatic rings. The number of ether oxygens (including phenoxy) is 2. The van der Waals surface area contributed by atoms with Gasteiger partial charge in [0.25, 0.3) is 0 Å². The van der Waals surface area contributed by atoms with Gasteiger partial charge in [-0.05, 0) is 51.4 Å². The lowest BCUT2D eigenvalue weighted by atomic mass is 10.0. The Hall–Kier alpha value is -2.03. The summed E-state index contributed by atoms with van der Waals surface area (Å²) in [4.78, 5) is 34.9. The Morgan fingerprint density at radius 3 is 1.44 bits per heavy atom. The van der Waals surface area contributed by atoms with Gasteiger partial charge in [-0.2, -0.15) is 0 Å². The predicted octanol–water partition coefficient (Wildman–Crippen LogP) is 13.5. The average molecular weight is 824 g/mol. The molecule has 3 N–H and O–H groups in total. The number of carbonyl (C=O) groups excluding carboxylic acids is 2. The van der Waals surface area contributed by atoms with E-state index >= 15 is 0 Å². The third kappa shape index (κ3) is 43.4. The molecular formula is C47H86NO8P. The maximum atomic E-state index is 12.6. The number of unbranched alkanes of at least 4 members (excludes halogenated alkanes) is 22. The van der Waals surface area contributed by atoms with E-state index in [1.54, 1.807) is 0 Å². The van der Waals surface area contributed by atoms with E-state index in [9.17, 15) is 19.0 Å². The van der Waals surface area contributed by atoms with Crippen LogP contribution < -0.4 is 5.73 Å². The van der Waals surface area contributed by atoms with E-state index in [1.807, 2.05) is 0 Å². The van der Waals surface area contributed by atoms with Crippen molar-refractivity contribution >= 4 is 19.8 Å². The molecule has 0 spiro atoms. The highest BCUT2D eigenvalue weighted by Gasteiger charge is 2.26. The lowest BCUT2D eigenvalue weighted by molar-refractivity contribution is -0.161. The summed E-state index contributed by atoms with van der Waals surface area (Å²) in [5.74, 6) is -0.872. The highest BCUT2D eigenvalue weighted by Crippen LogP contribution is 2.43. The SMILES string of the molecule is CCC=CCC=CCC=CCC=CCCCCC(=O)OCC(COP(=O)(O)OCCN)OC(=O)CCCCCCCCCCCCCCCCCCCCCCC. The first-order valence-corrected chi connectivity index (χ1v) is 24.6. The average Bonchev–Trinajstić information content (AvgIpc) is 3.20. The quantitative estimate of drug-likeness (QED) is 0.0267. The molecule has 0 saturated carbocycles. The molecule has 0 aromatic carbocycles. The molecule has 0 aromatic heterocycles. The van der Waals surface area contributed by atoms with Crippen molar-refractivity contribution < 1.29 is 37.6 Å². The number of phosphoric acid groups is 1. The number of nitrogens with two attached hydrogens (primary N) is 1. The Morgan fingerprint density at radius 2 is 0.965 bits per heavy atom. The van der Waals surface area contributed by atoms with Gasteiger partial charge >= 0.3 is 19.8 Å². The molecule has 0 fully saturated rings. The molecule has 0 heterocycles. The summed E-state index contributed by atoms with van der Waals surface area (Å²) in [5.41, 5.74) is 5.35. The first-order valence-electron chi connectivity index (χ1n) is 23.1. The predicted molar refractivity (Wildman–Crippen MR) is 238 cm³/mol. The van der Waals surface area contributed by atoms with Crippen LogP contribution in [0.1, 0.15) is 206 Å². The second-order valence-electron chi connectivity index (χ2n) is 15.2. The Morgan fingerprint density at radius 1 is 0.544 bits per heavy atom. The molecule has 0 rings (SSSR count). The second kappa shape index (κ2) is 43.5. The summed E-state index contributed by atoms with van der Waals surface area (Å²) >= 11 is 0. The summed E-state index contributed by atoms with van der Waals surface area (Å²) in [5, 5.41) is 0. The van der Waals surface area contributed by atoms with Gasteiger partial charge in [-0.3, -0.25) is 18.6 Å². The first-order chi connectivity index (χ1) is 27.8. The monoisotopic (exact) mass is 824 g/mol. The van der Waals surface area contributed by atoms with Crippen LogP contribution in [-0.2, 0) is 32.7 Å². The molecule has 10 heteroatoms. The normalized spacial score (nSPS) is 13.7. The largest absolute Gasteiger partial charge is 0.472 e. The van der Waals surface area contributed by atoms with Gasteiger partial charge < -0.3 is 20.1 Å². The van der Waals surface area contributed by atoms with Crippen molar-refractivity contribution in [2.45, 2.75) is 213 Å². The minimum Gasteiger partial charge on any atom is -0.462 e. The minimum atomic E-state index is -4.39. The van der Waals surface area contributed by atoms with E-state index in [0.717, 1.165) is 57.8 Å². The molecule has 0 aliphatic heterocycles. The van der Waals surface area contributed by atoms with Crippen molar-refractivity contribution in [1.82, 2.24) is 0 Å². The Bertz CT molecular complexity index is 1080. The first kappa shape index (κ1) is 55.0. The molecule has 0 aliphatic carbocycles. The number of carbonyl (C=O) groups is 2. The van der Waals surface area contributed by atoms with Gasteiger partial charge in [-0.1, -0.05) is 191 Å². The number of allylic oxidation sites excluding steroid dienone is 8. The fourth-order valence-corrected chi connectivity index (χ4v) is 7.10. The third-order valence-electron chi connectivity index (χ3n) is 9.73. The number of hydrogen-bond acceptors (Lipinski definition) is 8. The van der Waals surface area contributed by atoms with Gasteiger partial charge in [0, 0.05) is 19.4 Å². The smallest absolute Gasteiger partial charge is 0.462 e. The van der Waals surface area contributed by atoms with Crippen LogP contribution in [0.4, 0.5) is 0 Å². The highest BCUT2D eigenvalue weighted by atomic mass is 31.2. The maximum absolute atomic E-state index is 12.6. The van der Waals surface area contributed by atoms with Crippen LogP contribution in [0.5, 0.6) is 0 Å². The molecule has 9 nitrogen and oxygen atoms in total. The van der Waals surface area contributed by atoms with Crippen LogP contribution >= 0.6 is 7.82 Å². The van der Waals surface area contributed by atoms with Crippen molar-refractivity contribution in [3.8, 4) is 0 Å². The van der Waals surface area contributed by atoms with Crippen LogP contribution in [0.15, 0.2) is 48.6 Å². The van der Waals surface area contributed by atoms with Crippen molar-refractivity contribution in [1.29, 1.82) is 0 Å². The maximum Gasteiger partial charge on any atom is 0.472 e. The Kier molecular flexibility index (Phi) is 42.0. The zero-order valence-electron chi connectivity index (χ0n) is 36.6. The van der Waals surface area contributed by atoms with E-state index in [0.29, 0.717) is 12.8 Å². The van der Waals surface area contributed by atoms with Gasteiger partial charge in [0.05, 0.1) is 13.2 Å². The molecule has 0 saturated heterocycles. The van der Waals surface area contributed by atoms with Crippen LogP contribution in [-0.4, -0.2) is 49.3 Å². The number of phosphoric ester groups is 1. The van der Waals surface area contributed by atoms with E-state index in [-0.39, 0.29) is 32.6 Å². The van der Waals surface area contributed by atoms with E-state index < -0.39 is 32.5 Å².